The van der Waals surface area contributed by atoms with Crippen LogP contribution in [0.25, 0.3) is 0 Å². The van der Waals surface area contributed by atoms with Gasteiger partial charge in [-0.25, -0.2) is 4.79 Å². The average molecular weight is 337 g/mol. The molecule has 3 atom stereocenters. The van der Waals surface area contributed by atoms with Crippen molar-refractivity contribution in [1.29, 1.82) is 0 Å². The molecule has 0 bridgehead atoms. The maximum absolute atomic E-state index is 12.4. The summed E-state index contributed by atoms with van der Waals surface area (Å²) in [5.41, 5.74) is -0.473. The van der Waals surface area contributed by atoms with Gasteiger partial charge in [0.05, 0.1) is 0 Å². The van der Waals surface area contributed by atoms with Crippen molar-refractivity contribution < 1.29 is 19.4 Å². The Kier molecular flexibility index (Phi) is 4.23. The predicted octanol–water partition coefficient (Wildman–Crippen LogP) is 3.01. The van der Waals surface area contributed by atoms with Crippen molar-refractivity contribution in [3.63, 3.8) is 0 Å². The SMILES string of the molecule is CC(C)(C)OC(=O)C(N[C@@H]1C[C@H]1c1ccc(C(=O)O)s1)C1CC1. The van der Waals surface area contributed by atoms with Crippen molar-refractivity contribution in [3.8, 4) is 0 Å². The van der Waals surface area contributed by atoms with E-state index in [1.807, 2.05) is 26.8 Å². The summed E-state index contributed by atoms with van der Waals surface area (Å²) in [6, 6.07) is 3.56. The van der Waals surface area contributed by atoms with Crippen molar-refractivity contribution >= 4 is 23.3 Å². The monoisotopic (exact) mass is 337 g/mol. The van der Waals surface area contributed by atoms with Gasteiger partial charge in [0.1, 0.15) is 16.5 Å². The van der Waals surface area contributed by atoms with Crippen LogP contribution in [0.1, 0.15) is 60.5 Å². The molecular formula is C17H23NO4S. The number of esters is 1. The molecule has 2 aliphatic rings. The van der Waals surface area contributed by atoms with Crippen LogP contribution in [0.15, 0.2) is 12.1 Å². The van der Waals surface area contributed by atoms with E-state index in [-0.39, 0.29) is 18.1 Å². The summed E-state index contributed by atoms with van der Waals surface area (Å²) in [7, 11) is 0. The zero-order chi connectivity index (χ0) is 16.8. The average Bonchev–Trinajstić information content (AvgIpc) is 3.33. The Hall–Kier alpha value is -1.40. The number of thiophene rings is 1. The van der Waals surface area contributed by atoms with Crippen LogP contribution in [0.2, 0.25) is 0 Å². The second kappa shape index (κ2) is 5.91. The van der Waals surface area contributed by atoms with E-state index in [2.05, 4.69) is 5.32 Å². The van der Waals surface area contributed by atoms with Crippen molar-refractivity contribution in [2.45, 2.75) is 63.6 Å². The predicted molar refractivity (Wildman–Crippen MR) is 87.9 cm³/mol. The van der Waals surface area contributed by atoms with Crippen LogP contribution < -0.4 is 5.32 Å². The second-order valence-corrected chi connectivity index (χ2v) is 8.59. The fraction of sp³-hybridized carbons (Fsp3) is 0.647. The topological polar surface area (TPSA) is 75.6 Å². The summed E-state index contributed by atoms with van der Waals surface area (Å²) >= 11 is 1.33. The second-order valence-electron chi connectivity index (χ2n) is 7.47. The van der Waals surface area contributed by atoms with E-state index in [0.717, 1.165) is 24.1 Å². The van der Waals surface area contributed by atoms with Crippen LogP contribution in [-0.2, 0) is 9.53 Å². The maximum Gasteiger partial charge on any atom is 0.345 e. The van der Waals surface area contributed by atoms with Gasteiger partial charge in [-0.15, -0.1) is 11.3 Å². The molecule has 0 saturated heterocycles. The lowest BCUT2D eigenvalue weighted by atomic mass is 10.1. The van der Waals surface area contributed by atoms with E-state index in [4.69, 9.17) is 9.84 Å². The zero-order valence-corrected chi connectivity index (χ0v) is 14.5. The van der Waals surface area contributed by atoms with Gasteiger partial charge in [-0.05, 0) is 58.1 Å². The molecule has 5 nitrogen and oxygen atoms in total. The van der Waals surface area contributed by atoms with Crippen molar-refractivity contribution in [2.24, 2.45) is 5.92 Å². The van der Waals surface area contributed by atoms with Gasteiger partial charge in [-0.1, -0.05) is 0 Å². The van der Waals surface area contributed by atoms with Gasteiger partial charge in [0.25, 0.3) is 0 Å². The number of rotatable bonds is 6. The Morgan fingerprint density at radius 3 is 2.57 bits per heavy atom. The summed E-state index contributed by atoms with van der Waals surface area (Å²) < 4.78 is 5.53. The molecule has 2 fully saturated rings. The molecule has 126 valence electrons. The first kappa shape index (κ1) is 16.5. The molecule has 2 saturated carbocycles. The summed E-state index contributed by atoms with van der Waals surface area (Å²) in [6.07, 6.45) is 3.08. The highest BCUT2D eigenvalue weighted by atomic mass is 32.1. The summed E-state index contributed by atoms with van der Waals surface area (Å²) in [6.45, 7) is 5.65. The number of carboxylic acids is 1. The number of carbonyl (C=O) groups excluding carboxylic acids is 1. The first-order valence-corrected chi connectivity index (χ1v) is 8.88. The van der Waals surface area contributed by atoms with Gasteiger partial charge in [-0.3, -0.25) is 4.79 Å². The van der Waals surface area contributed by atoms with Crippen LogP contribution >= 0.6 is 11.3 Å². The quantitative estimate of drug-likeness (QED) is 0.781. The Bertz CT molecular complexity index is 614. The molecule has 0 spiro atoms. The van der Waals surface area contributed by atoms with Crippen LogP contribution in [0, 0.1) is 5.92 Å². The molecule has 23 heavy (non-hydrogen) atoms. The zero-order valence-electron chi connectivity index (χ0n) is 13.7. The molecule has 2 N–H and O–H groups in total. The number of carbonyl (C=O) groups is 2. The molecule has 6 heteroatoms. The number of aromatic carboxylic acids is 1. The van der Waals surface area contributed by atoms with Gasteiger partial charge in [0.2, 0.25) is 0 Å². The fourth-order valence-corrected chi connectivity index (χ4v) is 3.81. The van der Waals surface area contributed by atoms with Crippen LogP contribution in [0.4, 0.5) is 0 Å². The van der Waals surface area contributed by atoms with E-state index in [1.165, 1.54) is 11.3 Å². The molecular weight excluding hydrogens is 314 g/mol. The normalized spacial score (nSPS) is 25.0. The number of ether oxygens (including phenoxy) is 1. The molecule has 1 heterocycles. The number of hydrogen-bond donors (Lipinski definition) is 2. The van der Waals surface area contributed by atoms with Gasteiger partial charge in [-0.2, -0.15) is 0 Å². The van der Waals surface area contributed by atoms with Crippen LogP contribution in [0.5, 0.6) is 0 Å². The first-order chi connectivity index (χ1) is 10.7. The van der Waals surface area contributed by atoms with Crippen molar-refractivity contribution in [1.82, 2.24) is 5.32 Å². The third kappa shape index (κ3) is 4.12. The van der Waals surface area contributed by atoms with Crippen LogP contribution in [0.3, 0.4) is 0 Å². The highest BCUT2D eigenvalue weighted by Crippen LogP contribution is 2.45. The molecule has 2 aliphatic carbocycles. The minimum atomic E-state index is -0.879. The molecule has 0 amide bonds. The van der Waals surface area contributed by atoms with Crippen molar-refractivity contribution in [2.75, 3.05) is 0 Å². The summed E-state index contributed by atoms with van der Waals surface area (Å²) in [5, 5.41) is 12.5. The van der Waals surface area contributed by atoms with E-state index in [9.17, 15) is 9.59 Å². The fourth-order valence-electron chi connectivity index (χ4n) is 2.78. The Morgan fingerprint density at radius 2 is 2.04 bits per heavy atom. The van der Waals surface area contributed by atoms with E-state index < -0.39 is 11.6 Å². The van der Waals surface area contributed by atoms with Gasteiger partial charge in [0.15, 0.2) is 0 Å². The Labute approximate surface area is 140 Å². The third-order valence-corrected chi connectivity index (χ3v) is 5.35. The lowest BCUT2D eigenvalue weighted by molar-refractivity contribution is -0.158. The highest BCUT2D eigenvalue weighted by molar-refractivity contribution is 7.14. The summed E-state index contributed by atoms with van der Waals surface area (Å²) in [5.74, 6) is -0.347. The molecule has 1 aromatic rings. The van der Waals surface area contributed by atoms with E-state index in [0.29, 0.717) is 16.7 Å². The largest absolute Gasteiger partial charge is 0.477 e. The maximum atomic E-state index is 12.4. The Balaban J connectivity index is 1.59. The molecule has 0 aliphatic heterocycles. The van der Waals surface area contributed by atoms with Crippen LogP contribution in [-0.4, -0.2) is 34.7 Å². The summed E-state index contributed by atoms with van der Waals surface area (Å²) in [4.78, 5) is 24.8. The molecule has 1 aromatic heterocycles. The molecule has 0 radical (unpaired) electrons. The number of carboxylic acid groups (broad SMARTS) is 1. The number of hydrogen-bond acceptors (Lipinski definition) is 5. The van der Waals surface area contributed by atoms with Gasteiger partial charge < -0.3 is 15.2 Å². The molecule has 1 unspecified atom stereocenters. The first-order valence-electron chi connectivity index (χ1n) is 8.06. The Morgan fingerprint density at radius 1 is 1.35 bits per heavy atom. The lowest BCUT2D eigenvalue weighted by Gasteiger charge is -2.24. The smallest absolute Gasteiger partial charge is 0.345 e. The molecule has 3 rings (SSSR count). The van der Waals surface area contributed by atoms with Crippen molar-refractivity contribution in [3.05, 3.63) is 21.9 Å². The number of nitrogens with one attached hydrogen (secondary N) is 1. The van der Waals surface area contributed by atoms with Gasteiger partial charge in [0, 0.05) is 16.8 Å². The van der Waals surface area contributed by atoms with Gasteiger partial charge >= 0.3 is 11.9 Å². The lowest BCUT2D eigenvalue weighted by Crippen LogP contribution is -2.44. The highest BCUT2D eigenvalue weighted by Gasteiger charge is 2.46. The van der Waals surface area contributed by atoms with E-state index >= 15 is 0 Å². The standard InChI is InChI=1S/C17H23NO4S/c1-17(2,3)22-16(21)14(9-4-5-9)18-11-8-10(11)12-6-7-13(23-12)15(19)20/h6-7,9-11,14,18H,4-5,8H2,1-3H3,(H,19,20)/t10-,11-,14?/m1/s1. The minimum absolute atomic E-state index is 0.164. The molecule has 0 aromatic carbocycles. The van der Waals surface area contributed by atoms with E-state index in [1.54, 1.807) is 6.07 Å². The minimum Gasteiger partial charge on any atom is -0.477 e. The third-order valence-electron chi connectivity index (χ3n) is 4.14.